The number of ether oxygens (including phenoxy) is 1. The van der Waals surface area contributed by atoms with E-state index in [9.17, 15) is 0 Å². The maximum absolute atomic E-state index is 6.34. The quantitative estimate of drug-likeness (QED) is 0.562. The summed E-state index contributed by atoms with van der Waals surface area (Å²) in [6, 6.07) is 15.1. The van der Waals surface area contributed by atoms with Gasteiger partial charge in [-0.3, -0.25) is 10.6 Å². The molecular weight excluding hydrogens is 420 g/mol. The molecule has 0 bridgehead atoms. The van der Waals surface area contributed by atoms with Gasteiger partial charge in [0.15, 0.2) is 0 Å². The first-order valence-electron chi connectivity index (χ1n) is 9.93. The van der Waals surface area contributed by atoms with E-state index in [0.717, 1.165) is 29.1 Å². The third kappa shape index (κ3) is 5.08. The van der Waals surface area contributed by atoms with Crippen molar-refractivity contribution in [2.45, 2.75) is 55.0 Å². The minimum absolute atomic E-state index is 0.249. The fourth-order valence-corrected chi connectivity index (χ4v) is 5.31. The van der Waals surface area contributed by atoms with Gasteiger partial charge in [0, 0.05) is 20.7 Å². The second-order valence-corrected chi connectivity index (χ2v) is 9.23. The molecule has 144 valence electrons. The summed E-state index contributed by atoms with van der Waals surface area (Å²) in [5.41, 5.74) is 2.61. The fourth-order valence-electron chi connectivity index (χ4n) is 3.84. The van der Waals surface area contributed by atoms with Crippen molar-refractivity contribution in [3.63, 3.8) is 0 Å². The van der Waals surface area contributed by atoms with Gasteiger partial charge in [0.2, 0.25) is 0 Å². The van der Waals surface area contributed by atoms with Crippen LogP contribution in [0.2, 0.25) is 0 Å². The zero-order valence-corrected chi connectivity index (χ0v) is 17.9. The van der Waals surface area contributed by atoms with Gasteiger partial charge in [0.1, 0.15) is 5.75 Å². The second kappa shape index (κ2) is 9.46. The van der Waals surface area contributed by atoms with Gasteiger partial charge in [-0.1, -0.05) is 34.1 Å². The van der Waals surface area contributed by atoms with Gasteiger partial charge in [-0.05, 0) is 75.0 Å². The van der Waals surface area contributed by atoms with Gasteiger partial charge in [-0.2, -0.15) is 0 Å². The van der Waals surface area contributed by atoms with E-state index in [2.05, 4.69) is 69.0 Å². The zero-order chi connectivity index (χ0) is 18.5. The molecule has 0 amide bonds. The standard InChI is InChI=1S/C22H27BrN2OS/c23-17-10-11-20(26-18-6-1-2-7-18)16(14-17)15-27-21-9-4-3-8-19(21)22-24-12-5-13-25-22/h3-4,8-11,14,18,22,24-25H,1-2,5-7,12-13,15H2. The van der Waals surface area contributed by atoms with E-state index in [1.807, 2.05) is 11.8 Å². The molecule has 2 N–H and O–H groups in total. The van der Waals surface area contributed by atoms with Crippen molar-refractivity contribution in [3.8, 4) is 5.75 Å². The monoisotopic (exact) mass is 446 g/mol. The molecule has 2 aromatic carbocycles. The van der Waals surface area contributed by atoms with Crippen LogP contribution >= 0.6 is 27.7 Å². The van der Waals surface area contributed by atoms with Gasteiger partial charge in [-0.25, -0.2) is 0 Å². The Balaban J connectivity index is 1.49. The molecule has 3 nitrogen and oxygen atoms in total. The highest BCUT2D eigenvalue weighted by atomic mass is 79.9. The Hall–Kier alpha value is -1.01. The van der Waals surface area contributed by atoms with Crippen LogP contribution in [0.5, 0.6) is 5.75 Å². The largest absolute Gasteiger partial charge is 0.490 e. The maximum atomic E-state index is 6.34. The lowest BCUT2D eigenvalue weighted by atomic mass is 10.1. The van der Waals surface area contributed by atoms with E-state index in [0.29, 0.717) is 6.10 Å². The Morgan fingerprint density at radius 3 is 2.59 bits per heavy atom. The first-order chi connectivity index (χ1) is 13.3. The summed E-state index contributed by atoms with van der Waals surface area (Å²) in [6.45, 7) is 2.14. The molecule has 1 saturated heterocycles. The number of halogens is 1. The van der Waals surface area contributed by atoms with Crippen LogP contribution in [0, 0.1) is 0 Å². The highest BCUT2D eigenvalue weighted by Crippen LogP contribution is 2.35. The van der Waals surface area contributed by atoms with Crippen molar-refractivity contribution < 1.29 is 4.74 Å². The van der Waals surface area contributed by atoms with Crippen molar-refractivity contribution >= 4 is 27.7 Å². The normalized spacial score (nSPS) is 18.7. The van der Waals surface area contributed by atoms with Crippen LogP contribution in [0.4, 0.5) is 0 Å². The lowest BCUT2D eigenvalue weighted by Gasteiger charge is -2.27. The third-order valence-corrected chi connectivity index (χ3v) is 6.91. The maximum Gasteiger partial charge on any atom is 0.123 e. The van der Waals surface area contributed by atoms with Crippen molar-refractivity contribution in [2.24, 2.45) is 0 Å². The highest BCUT2D eigenvalue weighted by Gasteiger charge is 2.20. The Labute approximate surface area is 174 Å². The molecule has 2 aliphatic rings. The lowest BCUT2D eigenvalue weighted by molar-refractivity contribution is 0.208. The second-order valence-electron chi connectivity index (χ2n) is 7.30. The number of hydrogen-bond acceptors (Lipinski definition) is 4. The van der Waals surface area contributed by atoms with Crippen LogP contribution in [0.3, 0.4) is 0 Å². The van der Waals surface area contributed by atoms with E-state index in [1.165, 1.54) is 48.1 Å². The summed E-state index contributed by atoms with van der Waals surface area (Å²) >= 11 is 5.52. The summed E-state index contributed by atoms with van der Waals surface area (Å²) in [5, 5.41) is 7.17. The Morgan fingerprint density at radius 2 is 1.78 bits per heavy atom. The van der Waals surface area contributed by atoms with E-state index in [4.69, 9.17) is 4.74 Å². The predicted molar refractivity (Wildman–Crippen MR) is 116 cm³/mol. The average Bonchev–Trinajstić information content (AvgIpc) is 3.22. The van der Waals surface area contributed by atoms with Gasteiger partial charge >= 0.3 is 0 Å². The molecule has 0 unspecified atom stereocenters. The highest BCUT2D eigenvalue weighted by molar-refractivity contribution is 9.10. The Morgan fingerprint density at radius 1 is 1.00 bits per heavy atom. The van der Waals surface area contributed by atoms with E-state index >= 15 is 0 Å². The first-order valence-corrected chi connectivity index (χ1v) is 11.7. The van der Waals surface area contributed by atoms with Crippen LogP contribution in [0.1, 0.15) is 49.4 Å². The summed E-state index contributed by atoms with van der Waals surface area (Å²) < 4.78 is 7.45. The van der Waals surface area contributed by atoms with Crippen LogP contribution in [-0.2, 0) is 5.75 Å². The molecule has 1 aliphatic heterocycles. The predicted octanol–water partition coefficient (Wildman–Crippen LogP) is 5.64. The summed E-state index contributed by atoms with van der Waals surface area (Å²) in [6.07, 6.45) is 6.78. The molecular formula is C22H27BrN2OS. The third-order valence-electron chi connectivity index (χ3n) is 5.28. The number of hydrogen-bond donors (Lipinski definition) is 2. The molecule has 2 fully saturated rings. The summed E-state index contributed by atoms with van der Waals surface area (Å²) in [5.74, 6) is 1.95. The molecule has 0 aromatic heterocycles. The van der Waals surface area contributed by atoms with Crippen molar-refractivity contribution in [1.82, 2.24) is 10.6 Å². The van der Waals surface area contributed by atoms with Crippen LogP contribution in [0.15, 0.2) is 51.8 Å². The summed E-state index contributed by atoms with van der Waals surface area (Å²) in [7, 11) is 0. The van der Waals surface area contributed by atoms with Gasteiger partial charge < -0.3 is 4.74 Å². The van der Waals surface area contributed by atoms with Gasteiger partial charge in [0.05, 0.1) is 12.3 Å². The molecule has 0 radical (unpaired) electrons. The van der Waals surface area contributed by atoms with Crippen LogP contribution in [0.25, 0.3) is 0 Å². The van der Waals surface area contributed by atoms with E-state index in [-0.39, 0.29) is 6.17 Å². The SMILES string of the molecule is Brc1ccc(OC2CCCC2)c(CSc2ccccc2C2NCCCN2)c1. The Bertz CT molecular complexity index is 758. The zero-order valence-electron chi connectivity index (χ0n) is 15.5. The first kappa shape index (κ1) is 19.3. The minimum atomic E-state index is 0.249. The average molecular weight is 447 g/mol. The summed E-state index contributed by atoms with van der Waals surface area (Å²) in [4.78, 5) is 1.33. The molecule has 27 heavy (non-hydrogen) atoms. The van der Waals surface area contributed by atoms with Crippen LogP contribution in [-0.4, -0.2) is 19.2 Å². The van der Waals surface area contributed by atoms with Crippen molar-refractivity contribution in [3.05, 3.63) is 58.1 Å². The molecule has 0 spiro atoms. The number of nitrogens with one attached hydrogen (secondary N) is 2. The molecule has 0 atom stereocenters. The molecule has 5 heteroatoms. The topological polar surface area (TPSA) is 33.3 Å². The molecule has 1 heterocycles. The lowest BCUT2D eigenvalue weighted by Crippen LogP contribution is -2.41. The smallest absolute Gasteiger partial charge is 0.123 e. The number of thioether (sulfide) groups is 1. The van der Waals surface area contributed by atoms with E-state index in [1.54, 1.807) is 0 Å². The van der Waals surface area contributed by atoms with Crippen LogP contribution < -0.4 is 15.4 Å². The van der Waals surface area contributed by atoms with Crippen molar-refractivity contribution in [1.29, 1.82) is 0 Å². The molecule has 1 saturated carbocycles. The number of rotatable bonds is 6. The Kier molecular flexibility index (Phi) is 6.77. The minimum Gasteiger partial charge on any atom is -0.490 e. The molecule has 4 rings (SSSR count). The van der Waals surface area contributed by atoms with Crippen molar-refractivity contribution in [2.75, 3.05) is 13.1 Å². The van der Waals surface area contributed by atoms with E-state index < -0.39 is 0 Å². The van der Waals surface area contributed by atoms with Gasteiger partial charge in [-0.15, -0.1) is 11.8 Å². The number of benzene rings is 2. The fraction of sp³-hybridized carbons (Fsp3) is 0.455. The molecule has 1 aliphatic carbocycles. The molecule has 2 aromatic rings. The van der Waals surface area contributed by atoms with Gasteiger partial charge in [0.25, 0.3) is 0 Å².